The van der Waals surface area contributed by atoms with Gasteiger partial charge in [0.15, 0.2) is 5.79 Å². The molecule has 0 amide bonds. The number of fused-ring (bicyclic) bond motifs is 2. The lowest BCUT2D eigenvalue weighted by Gasteiger charge is -2.39. The molecule has 2 fully saturated rings. The monoisotopic (exact) mass is 170 g/mol. The second-order valence-electron chi connectivity index (χ2n) is 4.25. The van der Waals surface area contributed by atoms with E-state index in [9.17, 15) is 0 Å². The average molecular weight is 170 g/mol. The smallest absolute Gasteiger partial charge is 0.171 e. The Morgan fingerprint density at radius 2 is 2.17 bits per heavy atom. The zero-order chi connectivity index (χ0) is 8.77. The summed E-state index contributed by atoms with van der Waals surface area (Å²) in [4.78, 5) is 0. The van der Waals surface area contributed by atoms with Crippen molar-refractivity contribution in [1.29, 1.82) is 0 Å². The number of ether oxygens (including phenoxy) is 2. The van der Waals surface area contributed by atoms with Crippen LogP contribution in [0, 0.1) is 11.8 Å². The third-order valence-corrected chi connectivity index (χ3v) is 3.45. The molecule has 2 saturated heterocycles. The van der Waals surface area contributed by atoms with Crippen molar-refractivity contribution in [3.8, 4) is 0 Å². The van der Waals surface area contributed by atoms with Crippen LogP contribution in [0.4, 0.5) is 0 Å². The first-order chi connectivity index (χ1) is 5.68. The lowest BCUT2D eigenvalue weighted by atomic mass is 9.84. The summed E-state index contributed by atoms with van der Waals surface area (Å²) in [5.41, 5.74) is 0. The van der Waals surface area contributed by atoms with Crippen molar-refractivity contribution < 1.29 is 9.47 Å². The van der Waals surface area contributed by atoms with Gasteiger partial charge in [-0.3, -0.25) is 0 Å². The molecule has 0 N–H and O–H groups in total. The minimum atomic E-state index is -0.225. The second-order valence-corrected chi connectivity index (χ2v) is 4.25. The van der Waals surface area contributed by atoms with E-state index in [1.807, 2.05) is 0 Å². The van der Waals surface area contributed by atoms with E-state index in [0.717, 1.165) is 13.0 Å². The van der Waals surface area contributed by atoms with Crippen LogP contribution in [0.3, 0.4) is 0 Å². The molecule has 12 heavy (non-hydrogen) atoms. The van der Waals surface area contributed by atoms with Gasteiger partial charge >= 0.3 is 0 Å². The molecular formula is C10H18O2. The Balaban J connectivity index is 2.18. The minimum Gasteiger partial charge on any atom is -0.347 e. The Kier molecular flexibility index (Phi) is 1.92. The molecule has 0 spiro atoms. The van der Waals surface area contributed by atoms with Gasteiger partial charge in [-0.05, 0) is 18.8 Å². The molecule has 2 rings (SSSR count). The van der Waals surface area contributed by atoms with Gasteiger partial charge in [-0.15, -0.1) is 0 Å². The molecule has 2 aliphatic heterocycles. The highest BCUT2D eigenvalue weighted by molar-refractivity contribution is 4.91. The van der Waals surface area contributed by atoms with E-state index in [-0.39, 0.29) is 5.79 Å². The second kappa shape index (κ2) is 2.71. The summed E-state index contributed by atoms with van der Waals surface area (Å²) in [6, 6.07) is 0. The topological polar surface area (TPSA) is 18.5 Å². The summed E-state index contributed by atoms with van der Waals surface area (Å²) in [5, 5.41) is 0. The van der Waals surface area contributed by atoms with E-state index >= 15 is 0 Å². The molecule has 0 aliphatic carbocycles. The van der Waals surface area contributed by atoms with Gasteiger partial charge in [0, 0.05) is 5.92 Å². The minimum absolute atomic E-state index is 0.225. The summed E-state index contributed by atoms with van der Waals surface area (Å²) < 4.78 is 11.7. The summed E-state index contributed by atoms with van der Waals surface area (Å²) in [6.07, 6.45) is 2.59. The van der Waals surface area contributed by atoms with Crippen LogP contribution < -0.4 is 0 Å². The van der Waals surface area contributed by atoms with Crippen LogP contribution in [0.25, 0.3) is 0 Å². The molecule has 70 valence electrons. The van der Waals surface area contributed by atoms with Crippen molar-refractivity contribution >= 4 is 0 Å². The molecule has 2 heterocycles. The Labute approximate surface area is 74.2 Å². The van der Waals surface area contributed by atoms with Gasteiger partial charge in [0.1, 0.15) is 0 Å². The first-order valence-corrected chi connectivity index (χ1v) is 4.99. The van der Waals surface area contributed by atoms with Crippen LogP contribution >= 0.6 is 0 Å². The van der Waals surface area contributed by atoms with Crippen LogP contribution in [0.2, 0.25) is 0 Å². The molecule has 0 radical (unpaired) electrons. The summed E-state index contributed by atoms with van der Waals surface area (Å²) in [7, 11) is 0. The van der Waals surface area contributed by atoms with Gasteiger partial charge in [0.05, 0.1) is 12.7 Å². The van der Waals surface area contributed by atoms with Crippen LogP contribution in [-0.4, -0.2) is 18.5 Å². The van der Waals surface area contributed by atoms with Crippen molar-refractivity contribution in [3.63, 3.8) is 0 Å². The molecule has 0 unspecified atom stereocenters. The van der Waals surface area contributed by atoms with Crippen LogP contribution in [0.1, 0.15) is 33.6 Å². The third kappa shape index (κ3) is 1.01. The molecule has 2 nitrogen and oxygen atoms in total. The van der Waals surface area contributed by atoms with Crippen molar-refractivity contribution in [2.45, 2.75) is 45.5 Å². The van der Waals surface area contributed by atoms with Crippen molar-refractivity contribution in [2.75, 3.05) is 6.61 Å². The zero-order valence-electron chi connectivity index (χ0n) is 8.17. The lowest BCUT2D eigenvalue weighted by molar-refractivity contribution is -0.229. The average Bonchev–Trinajstić information content (AvgIpc) is 2.44. The van der Waals surface area contributed by atoms with E-state index in [2.05, 4.69) is 20.8 Å². The standard InChI is InChI=1S/C10H18O2/c1-4-10-8(3)5-7(2)9(12-10)6-11-10/h7-9H,4-6H2,1-3H3/t7-,8-,9+,10+/m1/s1. The molecular weight excluding hydrogens is 152 g/mol. The van der Waals surface area contributed by atoms with Gasteiger partial charge in [0.2, 0.25) is 0 Å². The van der Waals surface area contributed by atoms with E-state index in [1.165, 1.54) is 6.42 Å². The van der Waals surface area contributed by atoms with Crippen LogP contribution in [0.5, 0.6) is 0 Å². The van der Waals surface area contributed by atoms with Crippen molar-refractivity contribution in [3.05, 3.63) is 0 Å². The predicted molar refractivity (Wildman–Crippen MR) is 46.8 cm³/mol. The molecule has 0 aromatic heterocycles. The Morgan fingerprint density at radius 3 is 2.83 bits per heavy atom. The summed E-state index contributed by atoms with van der Waals surface area (Å²) in [6.45, 7) is 7.45. The number of rotatable bonds is 1. The Hall–Kier alpha value is -0.0800. The van der Waals surface area contributed by atoms with E-state index < -0.39 is 0 Å². The highest BCUT2D eigenvalue weighted by atomic mass is 16.7. The molecule has 4 atom stereocenters. The maximum atomic E-state index is 5.94. The maximum absolute atomic E-state index is 5.94. The number of hydrogen-bond donors (Lipinski definition) is 0. The molecule has 2 heteroatoms. The predicted octanol–water partition coefficient (Wildman–Crippen LogP) is 2.18. The highest BCUT2D eigenvalue weighted by Crippen LogP contribution is 2.44. The quantitative estimate of drug-likeness (QED) is 0.600. The molecule has 2 aliphatic rings. The fourth-order valence-electron chi connectivity index (χ4n) is 2.51. The number of hydrogen-bond acceptors (Lipinski definition) is 2. The van der Waals surface area contributed by atoms with Gasteiger partial charge in [0.25, 0.3) is 0 Å². The summed E-state index contributed by atoms with van der Waals surface area (Å²) >= 11 is 0. The first kappa shape index (κ1) is 8.52. The van der Waals surface area contributed by atoms with E-state index in [4.69, 9.17) is 9.47 Å². The van der Waals surface area contributed by atoms with E-state index in [1.54, 1.807) is 0 Å². The third-order valence-electron chi connectivity index (χ3n) is 3.45. The van der Waals surface area contributed by atoms with Crippen molar-refractivity contribution in [1.82, 2.24) is 0 Å². The van der Waals surface area contributed by atoms with E-state index in [0.29, 0.717) is 17.9 Å². The maximum Gasteiger partial charge on any atom is 0.171 e. The Bertz CT molecular complexity index is 181. The fraction of sp³-hybridized carbons (Fsp3) is 1.00. The molecule has 2 bridgehead atoms. The normalized spacial score (nSPS) is 52.8. The van der Waals surface area contributed by atoms with Gasteiger partial charge < -0.3 is 9.47 Å². The Morgan fingerprint density at radius 1 is 1.42 bits per heavy atom. The lowest BCUT2D eigenvalue weighted by Crippen LogP contribution is -2.43. The van der Waals surface area contributed by atoms with Gasteiger partial charge in [-0.25, -0.2) is 0 Å². The highest BCUT2D eigenvalue weighted by Gasteiger charge is 2.50. The fourth-order valence-corrected chi connectivity index (χ4v) is 2.51. The van der Waals surface area contributed by atoms with Crippen LogP contribution in [0.15, 0.2) is 0 Å². The first-order valence-electron chi connectivity index (χ1n) is 4.99. The molecule has 0 aromatic carbocycles. The molecule has 0 saturated carbocycles. The van der Waals surface area contributed by atoms with Crippen molar-refractivity contribution in [2.24, 2.45) is 11.8 Å². The zero-order valence-corrected chi connectivity index (χ0v) is 8.17. The molecule has 0 aromatic rings. The van der Waals surface area contributed by atoms with Gasteiger partial charge in [-0.2, -0.15) is 0 Å². The SMILES string of the molecule is CC[C@]12OC[C@H](O1)[C@H](C)C[C@H]2C. The largest absolute Gasteiger partial charge is 0.347 e. The van der Waals surface area contributed by atoms with Gasteiger partial charge in [-0.1, -0.05) is 20.8 Å². The summed E-state index contributed by atoms with van der Waals surface area (Å²) in [5.74, 6) is 0.996. The van der Waals surface area contributed by atoms with Crippen LogP contribution in [-0.2, 0) is 9.47 Å².